The second-order valence-corrected chi connectivity index (χ2v) is 7.87. The second kappa shape index (κ2) is 11.1. The van der Waals surface area contributed by atoms with Gasteiger partial charge in [0.1, 0.15) is 17.3 Å². The van der Waals surface area contributed by atoms with E-state index in [1.54, 1.807) is 19.2 Å². The predicted octanol–water partition coefficient (Wildman–Crippen LogP) is 5.55. The lowest BCUT2D eigenvalue weighted by molar-refractivity contribution is -0.192. The summed E-state index contributed by atoms with van der Waals surface area (Å²) in [6, 6.07) is 16.7. The van der Waals surface area contributed by atoms with Crippen LogP contribution < -0.4 is 4.74 Å². The van der Waals surface area contributed by atoms with Crippen molar-refractivity contribution in [3.63, 3.8) is 0 Å². The molecule has 35 heavy (non-hydrogen) atoms. The number of hydrogen-bond donors (Lipinski definition) is 2. The number of carbonyl (C=O) groups is 2. The number of methoxy groups -OCH3 is 1. The van der Waals surface area contributed by atoms with E-state index < -0.39 is 18.1 Å². The molecule has 0 atom stereocenters. The van der Waals surface area contributed by atoms with Gasteiger partial charge in [0.05, 0.1) is 12.7 Å². The Balaban J connectivity index is 0.000000429. The third-order valence-electron chi connectivity index (χ3n) is 5.39. The van der Waals surface area contributed by atoms with Crippen LogP contribution in [0.25, 0.3) is 22.6 Å². The van der Waals surface area contributed by atoms with Gasteiger partial charge in [-0.15, -0.1) is 0 Å². The Morgan fingerprint density at radius 3 is 2.17 bits per heavy atom. The molecule has 7 nitrogen and oxygen atoms in total. The zero-order valence-corrected chi connectivity index (χ0v) is 18.8. The van der Waals surface area contributed by atoms with Crippen LogP contribution in [0.5, 0.6) is 5.75 Å². The molecule has 0 amide bonds. The molecule has 1 saturated heterocycles. The van der Waals surface area contributed by atoms with E-state index >= 15 is 0 Å². The van der Waals surface area contributed by atoms with Crippen LogP contribution in [0, 0.1) is 0 Å². The average molecular weight is 491 g/mol. The highest BCUT2D eigenvalue weighted by Gasteiger charge is 2.38. The number of halogens is 3. The molecule has 4 rings (SSSR count). The number of alkyl halides is 3. The number of benzene rings is 2. The highest BCUT2D eigenvalue weighted by Crippen LogP contribution is 2.35. The lowest BCUT2D eigenvalue weighted by atomic mass is 10.1. The number of likely N-dealkylation sites (tertiary alicyclic amines) is 1. The third kappa shape index (κ3) is 6.86. The fraction of sp³-hybridized carbons (Fsp3) is 0.280. The first-order valence-corrected chi connectivity index (χ1v) is 10.7. The number of aromatic carboxylic acids is 1. The molecule has 2 heterocycles. The van der Waals surface area contributed by atoms with E-state index in [1.165, 1.54) is 12.8 Å². The molecule has 2 N–H and O–H groups in total. The average Bonchev–Trinajstić information content (AvgIpc) is 3.49. The molecule has 1 aliphatic rings. The van der Waals surface area contributed by atoms with Gasteiger partial charge in [0.25, 0.3) is 0 Å². The molecule has 0 unspecified atom stereocenters. The molecule has 0 saturated carbocycles. The van der Waals surface area contributed by atoms with Gasteiger partial charge in [0, 0.05) is 23.2 Å². The normalized spacial score (nSPS) is 13.7. The van der Waals surface area contributed by atoms with Gasteiger partial charge in [0.15, 0.2) is 0 Å². The topological polar surface area (TPSA) is 100 Å². The third-order valence-corrected chi connectivity index (χ3v) is 5.39. The van der Waals surface area contributed by atoms with Crippen molar-refractivity contribution in [1.82, 2.24) is 4.90 Å². The van der Waals surface area contributed by atoms with Crippen LogP contribution in [-0.2, 0) is 11.3 Å². The first-order chi connectivity index (χ1) is 16.6. The molecule has 1 aromatic heterocycles. The molecule has 1 aliphatic heterocycles. The fourth-order valence-corrected chi connectivity index (χ4v) is 3.65. The summed E-state index contributed by atoms with van der Waals surface area (Å²) in [6.45, 7) is 3.01. The molecular weight excluding hydrogens is 467 g/mol. The summed E-state index contributed by atoms with van der Waals surface area (Å²) >= 11 is 0. The van der Waals surface area contributed by atoms with Gasteiger partial charge < -0.3 is 19.4 Å². The molecular formula is C25H24F3NO6. The number of furan rings is 1. The maximum atomic E-state index is 11.2. The Kier molecular flexibility index (Phi) is 8.18. The number of carboxylic acid groups (broad SMARTS) is 2. The predicted molar refractivity (Wildman–Crippen MR) is 121 cm³/mol. The van der Waals surface area contributed by atoms with Gasteiger partial charge in [-0.3, -0.25) is 4.90 Å². The minimum atomic E-state index is -5.08. The van der Waals surface area contributed by atoms with E-state index in [9.17, 15) is 18.0 Å². The van der Waals surface area contributed by atoms with Crippen LogP contribution in [0.3, 0.4) is 0 Å². The van der Waals surface area contributed by atoms with Crippen molar-refractivity contribution in [2.24, 2.45) is 0 Å². The lowest BCUT2D eigenvalue weighted by Gasteiger charge is -2.14. The molecule has 2 aromatic carbocycles. The highest BCUT2D eigenvalue weighted by atomic mass is 19.4. The van der Waals surface area contributed by atoms with Crippen LogP contribution in [-0.4, -0.2) is 53.4 Å². The number of carboxylic acids is 2. The van der Waals surface area contributed by atoms with Crippen molar-refractivity contribution in [3.8, 4) is 28.4 Å². The first kappa shape index (κ1) is 25.8. The van der Waals surface area contributed by atoms with Gasteiger partial charge in [-0.05, 0) is 56.3 Å². The Labute approximate surface area is 199 Å². The maximum absolute atomic E-state index is 11.2. The van der Waals surface area contributed by atoms with Gasteiger partial charge in [-0.25, -0.2) is 9.59 Å². The molecule has 0 spiro atoms. The standard InChI is InChI=1S/C23H23NO4.C2HF3O2/c1-27-20-6-4-5-18(13-20)21-14-19(15-24-11-2-3-12-24)22(28-21)16-7-9-17(10-8-16)23(25)26;3-2(4,5)1(6)7/h4-10,13-14H,2-3,11-12,15H2,1H3,(H,25,26);(H,6,7). The Hall–Kier alpha value is -3.79. The van der Waals surface area contributed by atoms with Crippen molar-refractivity contribution in [2.75, 3.05) is 20.2 Å². The molecule has 3 aromatic rings. The molecule has 10 heteroatoms. The number of aliphatic carboxylic acids is 1. The summed E-state index contributed by atoms with van der Waals surface area (Å²) in [6.07, 6.45) is -2.63. The van der Waals surface area contributed by atoms with Gasteiger partial charge >= 0.3 is 18.1 Å². The Morgan fingerprint density at radius 2 is 1.63 bits per heavy atom. The molecule has 0 aliphatic carbocycles. The van der Waals surface area contributed by atoms with Crippen LogP contribution >= 0.6 is 0 Å². The quantitative estimate of drug-likeness (QED) is 0.466. The summed E-state index contributed by atoms with van der Waals surface area (Å²) in [5.41, 5.74) is 3.22. The van der Waals surface area contributed by atoms with Crippen molar-refractivity contribution in [3.05, 3.63) is 65.7 Å². The second-order valence-electron chi connectivity index (χ2n) is 7.87. The van der Waals surface area contributed by atoms with Crippen LogP contribution in [0.2, 0.25) is 0 Å². The van der Waals surface area contributed by atoms with Crippen molar-refractivity contribution >= 4 is 11.9 Å². The monoisotopic (exact) mass is 491 g/mol. The smallest absolute Gasteiger partial charge is 0.490 e. The van der Waals surface area contributed by atoms with Crippen LogP contribution in [0.1, 0.15) is 28.8 Å². The van der Waals surface area contributed by atoms with E-state index in [1.807, 2.05) is 36.4 Å². The van der Waals surface area contributed by atoms with Gasteiger partial charge in [0.2, 0.25) is 0 Å². The van der Waals surface area contributed by atoms with Crippen molar-refractivity contribution in [2.45, 2.75) is 25.6 Å². The van der Waals surface area contributed by atoms with E-state index in [0.717, 1.165) is 53.6 Å². The van der Waals surface area contributed by atoms with Gasteiger partial charge in [-0.2, -0.15) is 13.2 Å². The minimum Gasteiger partial charge on any atom is -0.497 e. The summed E-state index contributed by atoms with van der Waals surface area (Å²) in [5, 5.41) is 16.3. The lowest BCUT2D eigenvalue weighted by Crippen LogP contribution is -2.21. The van der Waals surface area contributed by atoms with Crippen molar-refractivity contribution < 1.29 is 42.1 Å². The zero-order chi connectivity index (χ0) is 25.6. The van der Waals surface area contributed by atoms with Crippen LogP contribution in [0.15, 0.2) is 59.0 Å². The van der Waals surface area contributed by atoms with E-state index in [2.05, 4.69) is 11.0 Å². The number of nitrogens with zero attached hydrogens (tertiary/aromatic N) is 1. The number of ether oxygens (including phenoxy) is 1. The Morgan fingerprint density at radius 1 is 1.00 bits per heavy atom. The van der Waals surface area contributed by atoms with E-state index in [-0.39, 0.29) is 5.56 Å². The maximum Gasteiger partial charge on any atom is 0.490 e. The number of rotatable bonds is 6. The first-order valence-electron chi connectivity index (χ1n) is 10.7. The molecule has 0 bridgehead atoms. The summed E-state index contributed by atoms with van der Waals surface area (Å²) in [4.78, 5) is 22.5. The van der Waals surface area contributed by atoms with E-state index in [4.69, 9.17) is 24.2 Å². The molecule has 186 valence electrons. The molecule has 1 fully saturated rings. The summed E-state index contributed by atoms with van der Waals surface area (Å²) in [5.74, 6) is -1.33. The molecule has 0 radical (unpaired) electrons. The zero-order valence-electron chi connectivity index (χ0n) is 18.8. The van der Waals surface area contributed by atoms with Gasteiger partial charge in [-0.1, -0.05) is 24.3 Å². The highest BCUT2D eigenvalue weighted by molar-refractivity contribution is 5.88. The summed E-state index contributed by atoms with van der Waals surface area (Å²) in [7, 11) is 1.65. The van der Waals surface area contributed by atoms with E-state index in [0.29, 0.717) is 0 Å². The van der Waals surface area contributed by atoms with Crippen molar-refractivity contribution in [1.29, 1.82) is 0 Å². The fourth-order valence-electron chi connectivity index (χ4n) is 3.65. The van der Waals surface area contributed by atoms with Crippen LogP contribution in [0.4, 0.5) is 13.2 Å². The number of hydrogen-bond acceptors (Lipinski definition) is 5. The largest absolute Gasteiger partial charge is 0.497 e. The Bertz CT molecular complexity index is 1160. The summed E-state index contributed by atoms with van der Waals surface area (Å²) < 4.78 is 43.3. The minimum absolute atomic E-state index is 0.268. The SMILES string of the molecule is COc1cccc(-c2cc(CN3CCCC3)c(-c3ccc(C(=O)O)cc3)o2)c1.O=C(O)C(F)(F)F.